The van der Waals surface area contributed by atoms with E-state index in [0.717, 1.165) is 112 Å². The lowest BCUT2D eigenvalue weighted by Gasteiger charge is -2.37. The quantitative estimate of drug-likeness (QED) is 0.357. The van der Waals surface area contributed by atoms with Crippen molar-refractivity contribution in [2.75, 3.05) is 39.3 Å². The first-order chi connectivity index (χ1) is 23.4. The molecule has 3 saturated heterocycles. The summed E-state index contributed by atoms with van der Waals surface area (Å²) in [4.78, 5) is 33.1. The summed E-state index contributed by atoms with van der Waals surface area (Å²) in [5.74, 6) is 0.781. The molecule has 7 rings (SSSR count). The molecule has 2 atom stereocenters. The number of carbonyl (C=O) groups is 2. The van der Waals surface area contributed by atoms with Gasteiger partial charge in [-0.15, -0.1) is 5.10 Å². The van der Waals surface area contributed by atoms with Crippen LogP contribution in [0.25, 0.3) is 0 Å². The maximum Gasteiger partial charge on any atom is 0.253 e. The number of likely N-dealkylation sites (tertiary alicyclic amines) is 3. The topological polar surface area (TPSA) is 134 Å². The molecule has 11 heteroatoms. The van der Waals surface area contributed by atoms with Crippen molar-refractivity contribution in [2.45, 2.75) is 82.2 Å². The van der Waals surface area contributed by atoms with Crippen LogP contribution < -0.4 is 5.32 Å². The highest BCUT2D eigenvalue weighted by molar-refractivity contribution is 5.95. The molecule has 0 spiro atoms. The van der Waals surface area contributed by atoms with Gasteiger partial charge in [-0.1, -0.05) is 18.7 Å². The molecule has 0 saturated carbocycles. The highest BCUT2D eigenvalue weighted by Crippen LogP contribution is 2.47. The van der Waals surface area contributed by atoms with Crippen molar-refractivity contribution < 1.29 is 9.59 Å². The predicted molar refractivity (Wildman–Crippen MR) is 181 cm³/mol. The molecular weight excluding hydrogens is 602 g/mol. The highest BCUT2D eigenvalue weighted by atomic mass is 16.2. The number of nitriles is 1. The maximum atomic E-state index is 13.6. The number of hydrogen-bond acceptors (Lipinski definition) is 8. The van der Waals surface area contributed by atoms with E-state index < -0.39 is 5.41 Å². The van der Waals surface area contributed by atoms with Crippen LogP contribution in [-0.4, -0.2) is 98.5 Å². The van der Waals surface area contributed by atoms with Gasteiger partial charge in [0.2, 0.25) is 0 Å². The van der Waals surface area contributed by atoms with Crippen LogP contribution in [0.4, 0.5) is 0 Å². The Morgan fingerprint density at radius 3 is 2.06 bits per heavy atom. The summed E-state index contributed by atoms with van der Waals surface area (Å²) in [7, 11) is 0. The molecule has 1 aromatic heterocycles. The monoisotopic (exact) mass is 647 g/mol. The smallest absolute Gasteiger partial charge is 0.253 e. The second-order valence-corrected chi connectivity index (χ2v) is 13.9. The lowest BCUT2D eigenvalue weighted by atomic mass is 9.67. The minimum atomic E-state index is -0.786. The second-order valence-electron chi connectivity index (χ2n) is 13.9. The number of aryl methyl sites for hydroxylation is 2. The standard InChI is InChI=1S/C37H45N9O2/c1-25(39-24-26(2)46-19-7-8-31(46)23-38)22-37(36-40-42-43-41-36)32-13-11-29(34(47)44-15-3-4-16-44)20-27(32)9-10-28-21-30(12-14-33(28)37)35(48)45-17-5-6-18-45/h11-14,20-21,25,31,39H,2-10,15-19,22,24H2,1H3,(H,40,41,42,43)/t25-,31?/m0/s1. The zero-order chi connectivity index (χ0) is 33.3. The largest absolute Gasteiger partial charge is 0.358 e. The van der Waals surface area contributed by atoms with Gasteiger partial charge in [-0.2, -0.15) is 5.26 Å². The van der Waals surface area contributed by atoms with Crippen molar-refractivity contribution >= 4 is 11.8 Å². The molecule has 2 amide bonds. The summed E-state index contributed by atoms with van der Waals surface area (Å²) >= 11 is 0. The summed E-state index contributed by atoms with van der Waals surface area (Å²) in [6.07, 6.45) is 8.07. The fourth-order valence-corrected chi connectivity index (χ4v) is 8.44. The molecule has 250 valence electrons. The number of H-pyrrole nitrogens is 1. The van der Waals surface area contributed by atoms with Crippen LogP contribution >= 0.6 is 0 Å². The number of nitrogens with one attached hydrogen (secondary N) is 2. The number of tetrazole rings is 1. The Morgan fingerprint density at radius 2 is 1.54 bits per heavy atom. The van der Waals surface area contributed by atoms with Gasteiger partial charge in [0, 0.05) is 62.1 Å². The molecule has 11 nitrogen and oxygen atoms in total. The number of aromatic nitrogens is 4. The van der Waals surface area contributed by atoms with Gasteiger partial charge in [0.25, 0.3) is 11.8 Å². The van der Waals surface area contributed by atoms with E-state index in [-0.39, 0.29) is 23.9 Å². The first-order valence-electron chi connectivity index (χ1n) is 17.6. The van der Waals surface area contributed by atoms with Crippen molar-refractivity contribution in [3.8, 4) is 6.07 Å². The van der Waals surface area contributed by atoms with E-state index in [9.17, 15) is 14.9 Å². The molecule has 4 aliphatic rings. The third-order valence-corrected chi connectivity index (χ3v) is 10.9. The van der Waals surface area contributed by atoms with Crippen LogP contribution in [0.5, 0.6) is 0 Å². The van der Waals surface area contributed by atoms with E-state index in [1.807, 2.05) is 21.9 Å². The molecule has 3 aromatic rings. The van der Waals surface area contributed by atoms with Gasteiger partial charge in [-0.25, -0.2) is 5.10 Å². The Labute approximate surface area is 282 Å². The van der Waals surface area contributed by atoms with Crippen molar-refractivity contribution in [3.63, 3.8) is 0 Å². The Bertz CT molecular complexity index is 1640. The van der Waals surface area contributed by atoms with E-state index >= 15 is 0 Å². The first-order valence-corrected chi connectivity index (χ1v) is 17.6. The van der Waals surface area contributed by atoms with Gasteiger partial charge in [-0.05, 0) is 122 Å². The number of fused-ring (bicyclic) bond motifs is 2. The van der Waals surface area contributed by atoms with Gasteiger partial charge in [-0.3, -0.25) is 9.59 Å². The number of aromatic amines is 1. The molecule has 3 fully saturated rings. The summed E-state index contributed by atoms with van der Waals surface area (Å²) < 4.78 is 0. The lowest BCUT2D eigenvalue weighted by Crippen LogP contribution is -2.42. The highest BCUT2D eigenvalue weighted by Gasteiger charge is 2.45. The predicted octanol–water partition coefficient (Wildman–Crippen LogP) is 3.97. The zero-order valence-electron chi connectivity index (χ0n) is 27.9. The minimum absolute atomic E-state index is 0.0226. The Kier molecular flexibility index (Phi) is 9.01. The van der Waals surface area contributed by atoms with E-state index in [4.69, 9.17) is 0 Å². The molecule has 0 bridgehead atoms. The van der Waals surface area contributed by atoms with E-state index in [1.165, 1.54) is 0 Å². The number of rotatable bonds is 9. The fourth-order valence-electron chi connectivity index (χ4n) is 8.44. The van der Waals surface area contributed by atoms with Gasteiger partial charge < -0.3 is 20.0 Å². The average molecular weight is 648 g/mol. The fraction of sp³-hybridized carbons (Fsp3) is 0.514. The summed E-state index contributed by atoms with van der Waals surface area (Å²) in [5.41, 5.74) is 5.84. The summed E-state index contributed by atoms with van der Waals surface area (Å²) in [6, 6.07) is 14.6. The molecule has 2 aromatic carbocycles. The summed E-state index contributed by atoms with van der Waals surface area (Å²) in [5, 5.41) is 29.1. The molecule has 1 unspecified atom stereocenters. The van der Waals surface area contributed by atoms with Crippen molar-refractivity contribution in [2.24, 2.45) is 0 Å². The van der Waals surface area contributed by atoms with Crippen molar-refractivity contribution in [1.82, 2.24) is 40.6 Å². The minimum Gasteiger partial charge on any atom is -0.358 e. The normalized spacial score (nSPS) is 20.6. The molecule has 0 radical (unpaired) electrons. The first kappa shape index (κ1) is 32.0. The van der Waals surface area contributed by atoms with Gasteiger partial charge in [0.1, 0.15) is 6.04 Å². The molecular formula is C37H45N9O2. The average Bonchev–Trinajstić information content (AvgIpc) is 3.95. The van der Waals surface area contributed by atoms with E-state index in [0.29, 0.717) is 29.9 Å². The third-order valence-electron chi connectivity index (χ3n) is 10.9. The summed E-state index contributed by atoms with van der Waals surface area (Å²) in [6.45, 7) is 11.1. The van der Waals surface area contributed by atoms with Crippen molar-refractivity contribution in [3.05, 3.63) is 87.9 Å². The molecule has 1 aliphatic carbocycles. The van der Waals surface area contributed by atoms with E-state index in [1.54, 1.807) is 0 Å². The number of nitrogens with zero attached hydrogens (tertiary/aromatic N) is 7. The maximum absolute atomic E-state index is 13.6. The molecule has 2 N–H and O–H groups in total. The Balaban J connectivity index is 1.29. The van der Waals surface area contributed by atoms with Crippen LogP contribution in [0.15, 0.2) is 48.7 Å². The number of benzene rings is 2. The van der Waals surface area contributed by atoms with Crippen LogP contribution in [0.3, 0.4) is 0 Å². The van der Waals surface area contributed by atoms with Gasteiger partial charge in [0.05, 0.1) is 11.5 Å². The number of hydrogen-bond donors (Lipinski definition) is 2. The van der Waals surface area contributed by atoms with Crippen LogP contribution in [-0.2, 0) is 18.3 Å². The van der Waals surface area contributed by atoms with E-state index in [2.05, 4.69) is 74.7 Å². The van der Waals surface area contributed by atoms with Crippen molar-refractivity contribution in [1.29, 1.82) is 5.26 Å². The van der Waals surface area contributed by atoms with Crippen LogP contribution in [0, 0.1) is 11.3 Å². The lowest BCUT2D eigenvalue weighted by molar-refractivity contribution is 0.0785. The number of carbonyl (C=O) groups excluding carboxylic acids is 2. The second kappa shape index (κ2) is 13.5. The number of amides is 2. The van der Waals surface area contributed by atoms with Crippen LogP contribution in [0.1, 0.15) is 101 Å². The Hall–Kier alpha value is -4.56. The molecule has 3 aliphatic heterocycles. The van der Waals surface area contributed by atoms with Crippen LogP contribution in [0.2, 0.25) is 0 Å². The van der Waals surface area contributed by atoms with Gasteiger partial charge in [0.15, 0.2) is 5.82 Å². The molecule has 4 heterocycles. The Morgan fingerprint density at radius 1 is 0.958 bits per heavy atom. The third kappa shape index (κ3) is 5.87. The zero-order valence-corrected chi connectivity index (χ0v) is 27.9. The molecule has 48 heavy (non-hydrogen) atoms. The van der Waals surface area contributed by atoms with Gasteiger partial charge >= 0.3 is 0 Å². The SMILES string of the molecule is C=C(CN[C@@H](C)CC1(c2nnn[nH]2)c2ccc(C(=O)N3CCCC3)cc2CCc2cc(C(=O)N3CCCC3)ccc21)N1CCCC1C#N.